The molecule has 4 rings (SSSR count). The number of piperidine rings is 1. The van der Waals surface area contributed by atoms with Crippen molar-refractivity contribution in [3.8, 4) is 17.2 Å². The van der Waals surface area contributed by atoms with E-state index in [2.05, 4.69) is 5.32 Å². The largest absolute Gasteiger partial charge is 0.497 e. The predicted octanol–water partition coefficient (Wildman–Crippen LogP) is 4.74. The van der Waals surface area contributed by atoms with Crippen molar-refractivity contribution < 1.29 is 18.6 Å². The summed E-state index contributed by atoms with van der Waals surface area (Å²) < 4.78 is 27.9. The Kier molecular flexibility index (Phi) is 8.22. The summed E-state index contributed by atoms with van der Waals surface area (Å²) in [7, 11) is 1.62. The zero-order chi connectivity index (χ0) is 18.8. The molecule has 0 radical (unpaired) electrons. The Balaban J connectivity index is 0.000000173. The second-order valence-electron chi connectivity index (χ2n) is 5.80. The minimum Gasteiger partial charge on any atom is -0.497 e. The van der Waals surface area contributed by atoms with Crippen LogP contribution in [-0.4, -0.2) is 27.0 Å². The molecule has 0 spiro atoms. The first-order chi connectivity index (χ1) is 12.8. The highest BCUT2D eigenvalue weighted by atomic mass is 19.1. The Labute approximate surface area is 155 Å². The molecular formula is C21H28FNO3. The number of hydrogen-bond acceptors (Lipinski definition) is 4. The molecule has 1 N–H and O–H groups in total. The Morgan fingerprint density at radius 3 is 2.27 bits per heavy atom. The number of halogens is 1. The normalized spacial score (nSPS) is 15.2. The molecule has 26 heavy (non-hydrogen) atoms. The number of methoxy groups -OCH3 is 1. The molecule has 142 valence electrons. The SMILES string of the molecule is CC.COc1ccc2c(c1)OCO2.Fc1ccc(C2CCNCC2)cc1. The Bertz CT molecular complexity index is 655. The summed E-state index contributed by atoms with van der Waals surface area (Å²) in [5, 5.41) is 3.32. The van der Waals surface area contributed by atoms with Crippen LogP contribution in [0.25, 0.3) is 0 Å². The topological polar surface area (TPSA) is 39.7 Å². The third kappa shape index (κ3) is 5.63. The summed E-state index contributed by atoms with van der Waals surface area (Å²) in [4.78, 5) is 0. The van der Waals surface area contributed by atoms with Crippen LogP contribution in [-0.2, 0) is 0 Å². The Morgan fingerprint density at radius 1 is 0.962 bits per heavy atom. The van der Waals surface area contributed by atoms with E-state index in [1.54, 1.807) is 19.2 Å². The average Bonchev–Trinajstić information content (AvgIpc) is 3.19. The molecule has 2 aromatic carbocycles. The lowest BCUT2D eigenvalue weighted by Gasteiger charge is -2.22. The van der Waals surface area contributed by atoms with Crippen molar-refractivity contribution in [2.45, 2.75) is 32.6 Å². The smallest absolute Gasteiger partial charge is 0.231 e. The van der Waals surface area contributed by atoms with Crippen molar-refractivity contribution in [2.75, 3.05) is 27.0 Å². The molecule has 2 heterocycles. The zero-order valence-electron chi connectivity index (χ0n) is 15.8. The van der Waals surface area contributed by atoms with Gasteiger partial charge in [0.05, 0.1) is 7.11 Å². The average molecular weight is 361 g/mol. The van der Waals surface area contributed by atoms with Crippen LogP contribution in [0.2, 0.25) is 0 Å². The van der Waals surface area contributed by atoms with Crippen LogP contribution in [0.3, 0.4) is 0 Å². The van der Waals surface area contributed by atoms with E-state index in [4.69, 9.17) is 14.2 Å². The van der Waals surface area contributed by atoms with Gasteiger partial charge in [-0.25, -0.2) is 4.39 Å². The van der Waals surface area contributed by atoms with Gasteiger partial charge in [-0.05, 0) is 61.7 Å². The van der Waals surface area contributed by atoms with Gasteiger partial charge in [-0.2, -0.15) is 0 Å². The van der Waals surface area contributed by atoms with Crippen LogP contribution >= 0.6 is 0 Å². The van der Waals surface area contributed by atoms with Crippen molar-refractivity contribution >= 4 is 0 Å². The predicted molar refractivity (Wildman–Crippen MR) is 102 cm³/mol. The molecule has 2 aliphatic rings. The standard InChI is InChI=1S/C11H14FN.C8H8O3.C2H6/c12-11-3-1-9(2-4-11)10-5-7-13-8-6-10;1-9-6-2-3-7-8(4-6)11-5-10-7;1-2/h1-4,10,13H,5-8H2;2-4H,5H2,1H3;1-2H3. The van der Waals surface area contributed by atoms with Crippen molar-refractivity contribution in [3.63, 3.8) is 0 Å². The Hall–Kier alpha value is -2.27. The van der Waals surface area contributed by atoms with Gasteiger partial charge in [-0.15, -0.1) is 0 Å². The maximum Gasteiger partial charge on any atom is 0.231 e. The number of nitrogens with one attached hydrogen (secondary N) is 1. The van der Waals surface area contributed by atoms with Gasteiger partial charge in [0, 0.05) is 6.07 Å². The number of hydrogen-bond donors (Lipinski definition) is 1. The van der Waals surface area contributed by atoms with E-state index in [1.165, 1.54) is 18.4 Å². The molecule has 4 nitrogen and oxygen atoms in total. The Morgan fingerprint density at radius 2 is 1.62 bits per heavy atom. The van der Waals surface area contributed by atoms with E-state index in [9.17, 15) is 4.39 Å². The van der Waals surface area contributed by atoms with Crippen LogP contribution in [0, 0.1) is 5.82 Å². The lowest BCUT2D eigenvalue weighted by molar-refractivity contribution is 0.174. The first-order valence-electron chi connectivity index (χ1n) is 9.16. The summed E-state index contributed by atoms with van der Waals surface area (Å²) in [6.45, 7) is 6.48. The first-order valence-corrected chi connectivity index (χ1v) is 9.16. The summed E-state index contributed by atoms with van der Waals surface area (Å²) in [5.74, 6) is 2.81. The van der Waals surface area contributed by atoms with Gasteiger partial charge in [0.15, 0.2) is 11.5 Å². The molecule has 2 aromatic rings. The fraction of sp³-hybridized carbons (Fsp3) is 0.429. The summed E-state index contributed by atoms with van der Waals surface area (Å²) in [6, 6.07) is 12.4. The highest BCUT2D eigenvalue weighted by Gasteiger charge is 2.14. The van der Waals surface area contributed by atoms with Gasteiger partial charge in [0.25, 0.3) is 0 Å². The van der Waals surface area contributed by atoms with Gasteiger partial charge in [0.2, 0.25) is 6.79 Å². The summed E-state index contributed by atoms with van der Waals surface area (Å²) in [6.07, 6.45) is 2.34. The van der Waals surface area contributed by atoms with Gasteiger partial charge < -0.3 is 19.5 Å². The highest BCUT2D eigenvalue weighted by molar-refractivity contribution is 5.46. The monoisotopic (exact) mass is 361 g/mol. The molecule has 0 aromatic heterocycles. The maximum atomic E-state index is 12.6. The van der Waals surface area contributed by atoms with E-state index < -0.39 is 0 Å². The number of ether oxygens (including phenoxy) is 3. The molecule has 1 fully saturated rings. The van der Waals surface area contributed by atoms with E-state index in [0.717, 1.165) is 30.3 Å². The van der Waals surface area contributed by atoms with Crippen molar-refractivity contribution in [1.29, 1.82) is 0 Å². The van der Waals surface area contributed by atoms with Crippen LogP contribution in [0.15, 0.2) is 42.5 Å². The van der Waals surface area contributed by atoms with Crippen molar-refractivity contribution in [3.05, 3.63) is 53.8 Å². The van der Waals surface area contributed by atoms with Gasteiger partial charge in [-0.1, -0.05) is 26.0 Å². The first kappa shape index (κ1) is 20.0. The number of fused-ring (bicyclic) bond motifs is 1. The third-order valence-corrected chi connectivity index (χ3v) is 4.26. The minimum absolute atomic E-state index is 0.141. The number of benzene rings is 2. The third-order valence-electron chi connectivity index (χ3n) is 4.26. The van der Waals surface area contributed by atoms with Crippen molar-refractivity contribution in [1.82, 2.24) is 5.32 Å². The summed E-state index contributed by atoms with van der Waals surface area (Å²) in [5.41, 5.74) is 1.28. The van der Waals surface area contributed by atoms with E-state index in [0.29, 0.717) is 12.7 Å². The van der Waals surface area contributed by atoms with Gasteiger partial charge in [0.1, 0.15) is 11.6 Å². The van der Waals surface area contributed by atoms with Crippen molar-refractivity contribution in [2.24, 2.45) is 0 Å². The quantitative estimate of drug-likeness (QED) is 0.838. The molecule has 0 unspecified atom stereocenters. The fourth-order valence-electron chi connectivity index (χ4n) is 2.89. The zero-order valence-corrected chi connectivity index (χ0v) is 15.8. The minimum atomic E-state index is -0.141. The fourth-order valence-corrected chi connectivity index (χ4v) is 2.89. The van der Waals surface area contributed by atoms with E-state index >= 15 is 0 Å². The molecular weight excluding hydrogens is 333 g/mol. The summed E-state index contributed by atoms with van der Waals surface area (Å²) >= 11 is 0. The van der Waals surface area contributed by atoms with Gasteiger partial charge in [-0.3, -0.25) is 0 Å². The number of rotatable bonds is 2. The lowest BCUT2D eigenvalue weighted by Crippen LogP contribution is -2.26. The lowest BCUT2D eigenvalue weighted by atomic mass is 9.90. The van der Waals surface area contributed by atoms with Crippen LogP contribution < -0.4 is 19.5 Å². The molecule has 0 amide bonds. The molecule has 0 saturated carbocycles. The molecule has 5 heteroatoms. The second-order valence-corrected chi connectivity index (χ2v) is 5.80. The second kappa shape index (κ2) is 10.7. The maximum absolute atomic E-state index is 12.6. The molecule has 0 bridgehead atoms. The molecule has 2 aliphatic heterocycles. The molecule has 1 saturated heterocycles. The van der Waals surface area contributed by atoms with E-state index in [1.807, 2.05) is 44.2 Å². The van der Waals surface area contributed by atoms with Gasteiger partial charge >= 0.3 is 0 Å². The highest BCUT2D eigenvalue weighted by Crippen LogP contribution is 2.34. The van der Waals surface area contributed by atoms with Crippen LogP contribution in [0.5, 0.6) is 17.2 Å². The molecule has 0 atom stereocenters. The van der Waals surface area contributed by atoms with Crippen LogP contribution in [0.4, 0.5) is 4.39 Å². The van der Waals surface area contributed by atoms with Crippen LogP contribution in [0.1, 0.15) is 38.2 Å². The molecule has 0 aliphatic carbocycles. The van der Waals surface area contributed by atoms with E-state index in [-0.39, 0.29) is 5.82 Å².